The minimum absolute atomic E-state index is 0.0316. The highest BCUT2D eigenvalue weighted by atomic mass is 15.2. The number of fused-ring (bicyclic) bond motifs is 10. The third-order valence-electron chi connectivity index (χ3n) is 18.8. The Morgan fingerprint density at radius 3 is 1.47 bits per heavy atom. The molecule has 2 nitrogen and oxygen atoms in total. The third kappa shape index (κ3) is 6.41. The topological polar surface area (TPSA) is 6.48 Å². The second-order valence-electron chi connectivity index (χ2n) is 25.5. The molecule has 2 aliphatic heterocycles. The maximum absolute atomic E-state index is 2.80. The van der Waals surface area contributed by atoms with Gasteiger partial charge in [0.15, 0.2) is 0 Å². The van der Waals surface area contributed by atoms with Crippen molar-refractivity contribution in [3.63, 3.8) is 0 Å². The second kappa shape index (κ2) is 15.2. The average molecular weight is 937 g/mol. The molecule has 0 aromatic heterocycles. The zero-order chi connectivity index (χ0) is 50.0. The van der Waals surface area contributed by atoms with Crippen LogP contribution in [0.4, 0.5) is 28.4 Å². The minimum Gasteiger partial charge on any atom is -0.376 e. The van der Waals surface area contributed by atoms with Crippen molar-refractivity contribution >= 4 is 46.2 Å². The quantitative estimate of drug-likeness (QED) is 0.162. The highest BCUT2D eigenvalue weighted by molar-refractivity contribution is 6.93. The summed E-state index contributed by atoms with van der Waals surface area (Å²) in [4.78, 5) is 5.58. The molecule has 0 saturated carbocycles. The predicted molar refractivity (Wildman–Crippen MR) is 309 cm³/mol. The van der Waals surface area contributed by atoms with E-state index in [0.29, 0.717) is 0 Å². The molecule has 0 fully saturated rings. The van der Waals surface area contributed by atoms with Gasteiger partial charge in [-0.05, 0) is 192 Å². The molecule has 0 spiro atoms. The van der Waals surface area contributed by atoms with E-state index in [4.69, 9.17) is 0 Å². The summed E-state index contributed by atoms with van der Waals surface area (Å²) in [5, 5.41) is 0. The zero-order valence-corrected chi connectivity index (χ0v) is 44.7. The van der Waals surface area contributed by atoms with Crippen molar-refractivity contribution in [2.45, 2.75) is 136 Å². The van der Waals surface area contributed by atoms with Crippen LogP contribution in [0.5, 0.6) is 0 Å². The van der Waals surface area contributed by atoms with Gasteiger partial charge in [0.25, 0.3) is 0 Å². The van der Waals surface area contributed by atoms with Gasteiger partial charge in [0.1, 0.15) is 0 Å². The smallest absolute Gasteiger partial charge is 0.333 e. The van der Waals surface area contributed by atoms with E-state index in [1.165, 1.54) is 148 Å². The number of anilines is 5. The summed E-state index contributed by atoms with van der Waals surface area (Å²) in [5.74, 6) is 0. The van der Waals surface area contributed by atoms with Gasteiger partial charge in [-0.1, -0.05) is 184 Å². The lowest BCUT2D eigenvalue weighted by Crippen LogP contribution is -2.62. The van der Waals surface area contributed by atoms with Gasteiger partial charge < -0.3 is 9.71 Å². The van der Waals surface area contributed by atoms with Gasteiger partial charge in [-0.3, -0.25) is 0 Å². The molecule has 0 unspecified atom stereocenters. The van der Waals surface area contributed by atoms with Crippen LogP contribution in [0.15, 0.2) is 152 Å². The summed E-state index contributed by atoms with van der Waals surface area (Å²) in [7, 11) is 0. The fraction of sp³-hybridized carbons (Fsp3) is 0.304. The molecule has 358 valence electrons. The Kier molecular flexibility index (Phi) is 9.59. The molecular weight excluding hydrogens is 868 g/mol. The number of hydrogen-bond acceptors (Lipinski definition) is 2. The lowest BCUT2D eigenvalue weighted by molar-refractivity contribution is 0.332. The molecule has 8 aromatic carbocycles. The van der Waals surface area contributed by atoms with Crippen LogP contribution in [0.25, 0.3) is 44.5 Å². The van der Waals surface area contributed by atoms with E-state index in [2.05, 4.69) is 244 Å². The van der Waals surface area contributed by atoms with Crippen molar-refractivity contribution in [3.8, 4) is 44.5 Å². The Hall–Kier alpha value is -6.58. The van der Waals surface area contributed by atoms with Gasteiger partial charge in [0, 0.05) is 39.4 Å². The first-order chi connectivity index (χ1) is 34.3. The van der Waals surface area contributed by atoms with Crippen LogP contribution < -0.4 is 20.6 Å². The van der Waals surface area contributed by atoms with E-state index in [-0.39, 0.29) is 33.9 Å². The highest BCUT2D eigenvalue weighted by Gasteiger charge is 2.52. The van der Waals surface area contributed by atoms with Gasteiger partial charge in [0.2, 0.25) is 0 Å². The van der Waals surface area contributed by atoms with Crippen LogP contribution in [0, 0.1) is 13.8 Å². The Balaban J connectivity index is 1.21. The number of hydrogen-bond donors (Lipinski definition) is 0. The maximum atomic E-state index is 2.80. The standard InChI is InChI=1S/C69H69BN2/c1-42-35-53-55(67(7,8)33-31-65(53,3)4)40-59(42)71-61-38-47(45-23-17-14-18-24-45)27-29-57(61)70-63-51(39-50-48-25-19-20-26-52(48)69(11,12)62(50)64(63)71)49-37-46(44-21-15-13-16-22-44)28-30-58(49)72(70)60-41-56-54(36-43(60)2)66(5,6)32-34-68(56,9)10/h13-30,35-41H,31-34H2,1-12H3. The lowest BCUT2D eigenvalue weighted by atomic mass is 9.42. The van der Waals surface area contributed by atoms with Crippen molar-refractivity contribution in [1.82, 2.24) is 0 Å². The third-order valence-corrected chi connectivity index (χ3v) is 18.8. The molecule has 3 heteroatoms. The van der Waals surface area contributed by atoms with Gasteiger partial charge in [-0.2, -0.15) is 0 Å². The Bertz CT molecular complexity index is 3590. The monoisotopic (exact) mass is 937 g/mol. The van der Waals surface area contributed by atoms with Crippen molar-refractivity contribution in [2.24, 2.45) is 0 Å². The maximum Gasteiger partial charge on any atom is 0.333 e. The number of nitrogens with zero attached hydrogens (tertiary/aromatic N) is 2. The molecule has 3 aliphatic carbocycles. The molecule has 0 bridgehead atoms. The van der Waals surface area contributed by atoms with E-state index >= 15 is 0 Å². The SMILES string of the molecule is Cc1cc2c(cc1N1B3c4ccc(-c5ccccc5)cc4N(c4cc5c(cc4C)C(C)(C)CCC5(C)C)c4c3c(cc3c4C(C)(C)c4ccccc4-3)-c3cc(-c4ccccc4)ccc31)C(C)(C)CCC2(C)C. The van der Waals surface area contributed by atoms with Crippen LogP contribution >= 0.6 is 0 Å². The van der Waals surface area contributed by atoms with Crippen molar-refractivity contribution in [1.29, 1.82) is 0 Å². The first-order valence-corrected chi connectivity index (χ1v) is 26.9. The van der Waals surface area contributed by atoms with E-state index in [1.807, 2.05) is 0 Å². The van der Waals surface area contributed by atoms with E-state index in [0.717, 1.165) is 6.42 Å². The highest BCUT2D eigenvalue weighted by Crippen LogP contribution is 2.60. The number of aryl methyl sites for hydroxylation is 2. The van der Waals surface area contributed by atoms with Crippen LogP contribution in [0.3, 0.4) is 0 Å². The minimum atomic E-state index is -0.286. The average Bonchev–Trinajstić information content (AvgIpc) is 3.60. The van der Waals surface area contributed by atoms with Gasteiger partial charge in [-0.15, -0.1) is 0 Å². The Morgan fingerprint density at radius 1 is 0.375 bits per heavy atom. The molecule has 0 N–H and O–H groups in total. The molecule has 0 atom stereocenters. The predicted octanol–water partition coefficient (Wildman–Crippen LogP) is 17.3. The fourth-order valence-corrected chi connectivity index (χ4v) is 14.3. The van der Waals surface area contributed by atoms with E-state index in [1.54, 1.807) is 0 Å². The van der Waals surface area contributed by atoms with Crippen molar-refractivity contribution in [3.05, 3.63) is 196 Å². The Labute approximate surface area is 430 Å². The van der Waals surface area contributed by atoms with Crippen molar-refractivity contribution < 1.29 is 0 Å². The number of benzene rings is 8. The Morgan fingerprint density at radius 2 is 0.875 bits per heavy atom. The summed E-state index contributed by atoms with van der Waals surface area (Å²) in [6.07, 6.45) is 4.70. The van der Waals surface area contributed by atoms with Crippen molar-refractivity contribution in [2.75, 3.05) is 9.71 Å². The first-order valence-electron chi connectivity index (χ1n) is 26.9. The van der Waals surface area contributed by atoms with Crippen LogP contribution in [-0.2, 0) is 27.1 Å². The van der Waals surface area contributed by atoms with Gasteiger partial charge in [0.05, 0.1) is 0 Å². The molecule has 0 saturated heterocycles. The van der Waals surface area contributed by atoms with E-state index < -0.39 is 0 Å². The second-order valence-corrected chi connectivity index (χ2v) is 25.5. The van der Waals surface area contributed by atoms with Crippen LogP contribution in [0.1, 0.15) is 139 Å². The molecule has 72 heavy (non-hydrogen) atoms. The lowest BCUT2D eigenvalue weighted by Gasteiger charge is -2.49. The van der Waals surface area contributed by atoms with Crippen LogP contribution in [-0.4, -0.2) is 6.85 Å². The summed E-state index contributed by atoms with van der Waals surface area (Å²) < 4.78 is 0. The molecule has 0 radical (unpaired) electrons. The number of rotatable bonds is 4. The normalized spacial score (nSPS) is 18.5. The summed E-state index contributed by atoms with van der Waals surface area (Å²) in [6, 6.07) is 59.3. The van der Waals surface area contributed by atoms with Gasteiger partial charge in [-0.25, -0.2) is 0 Å². The first kappa shape index (κ1) is 45.3. The van der Waals surface area contributed by atoms with Gasteiger partial charge >= 0.3 is 6.85 Å². The summed E-state index contributed by atoms with van der Waals surface area (Å²) in [5.41, 5.74) is 30.9. The van der Waals surface area contributed by atoms with E-state index in [9.17, 15) is 0 Å². The fourth-order valence-electron chi connectivity index (χ4n) is 14.3. The molecule has 0 amide bonds. The molecule has 5 aliphatic rings. The summed E-state index contributed by atoms with van der Waals surface area (Å²) >= 11 is 0. The molecule has 8 aromatic rings. The largest absolute Gasteiger partial charge is 0.376 e. The summed E-state index contributed by atoms with van der Waals surface area (Å²) in [6.45, 7) is 29.4. The molecule has 2 heterocycles. The van der Waals surface area contributed by atoms with Crippen LogP contribution in [0.2, 0.25) is 0 Å². The molecule has 13 rings (SSSR count). The molecular formula is C69H69BN2. The zero-order valence-electron chi connectivity index (χ0n) is 44.7.